The molecule has 4 nitrogen and oxygen atoms in total. The van der Waals surface area contributed by atoms with Crippen molar-refractivity contribution in [2.75, 3.05) is 13.1 Å². The second kappa shape index (κ2) is 7.14. The highest BCUT2D eigenvalue weighted by molar-refractivity contribution is 6.36. The second-order valence-electron chi connectivity index (χ2n) is 5.24. The zero-order chi connectivity index (χ0) is 15.4. The number of piperidine rings is 1. The SMILES string of the molecule is CC1CCCCN1C(=O)CNC(=O)c1ccc(Cl)cc1Cl. The molecule has 1 atom stereocenters. The second-order valence-corrected chi connectivity index (χ2v) is 6.08. The largest absolute Gasteiger partial charge is 0.343 e. The molecule has 1 saturated heterocycles. The van der Waals surface area contributed by atoms with Crippen LogP contribution in [-0.2, 0) is 4.79 Å². The first-order valence-corrected chi connectivity index (χ1v) is 7.77. The van der Waals surface area contributed by atoms with Gasteiger partial charge in [-0.25, -0.2) is 0 Å². The van der Waals surface area contributed by atoms with Crippen LogP contribution in [0.2, 0.25) is 10.0 Å². The van der Waals surface area contributed by atoms with Crippen LogP contribution < -0.4 is 5.32 Å². The number of amides is 2. The van der Waals surface area contributed by atoms with E-state index in [1.54, 1.807) is 12.1 Å². The van der Waals surface area contributed by atoms with E-state index < -0.39 is 0 Å². The van der Waals surface area contributed by atoms with E-state index in [0.717, 1.165) is 25.8 Å². The molecular weight excluding hydrogens is 311 g/mol. The molecule has 2 rings (SSSR count). The monoisotopic (exact) mass is 328 g/mol. The molecule has 2 amide bonds. The molecule has 0 saturated carbocycles. The Morgan fingerprint density at radius 2 is 2.10 bits per heavy atom. The number of carbonyl (C=O) groups excluding carboxylic acids is 2. The van der Waals surface area contributed by atoms with E-state index >= 15 is 0 Å². The van der Waals surface area contributed by atoms with E-state index in [1.807, 2.05) is 11.8 Å². The zero-order valence-corrected chi connectivity index (χ0v) is 13.4. The quantitative estimate of drug-likeness (QED) is 0.926. The minimum atomic E-state index is -0.366. The summed E-state index contributed by atoms with van der Waals surface area (Å²) in [5.74, 6) is -0.421. The number of nitrogens with one attached hydrogen (secondary N) is 1. The average molecular weight is 329 g/mol. The first-order valence-electron chi connectivity index (χ1n) is 7.01. The van der Waals surface area contributed by atoms with Gasteiger partial charge in [-0.05, 0) is 44.4 Å². The molecule has 1 aromatic rings. The van der Waals surface area contributed by atoms with Crippen LogP contribution in [0.5, 0.6) is 0 Å². The summed E-state index contributed by atoms with van der Waals surface area (Å²) in [6.45, 7) is 2.79. The molecule has 6 heteroatoms. The number of benzene rings is 1. The lowest BCUT2D eigenvalue weighted by Gasteiger charge is -2.33. The summed E-state index contributed by atoms with van der Waals surface area (Å²) in [6, 6.07) is 4.89. The Balaban J connectivity index is 1.92. The summed E-state index contributed by atoms with van der Waals surface area (Å²) in [5.41, 5.74) is 0.320. The lowest BCUT2D eigenvalue weighted by Crippen LogP contribution is -2.46. The van der Waals surface area contributed by atoms with Gasteiger partial charge in [0.2, 0.25) is 5.91 Å². The van der Waals surface area contributed by atoms with Gasteiger partial charge in [-0.3, -0.25) is 9.59 Å². The first kappa shape index (κ1) is 16.1. The van der Waals surface area contributed by atoms with E-state index in [0.29, 0.717) is 10.6 Å². The maximum absolute atomic E-state index is 12.1. The van der Waals surface area contributed by atoms with E-state index in [9.17, 15) is 9.59 Å². The summed E-state index contributed by atoms with van der Waals surface area (Å²) in [7, 11) is 0. The van der Waals surface area contributed by atoms with E-state index in [4.69, 9.17) is 23.2 Å². The molecule has 1 unspecified atom stereocenters. The lowest BCUT2D eigenvalue weighted by molar-refractivity contribution is -0.133. The van der Waals surface area contributed by atoms with Crippen molar-refractivity contribution >= 4 is 35.0 Å². The first-order chi connectivity index (χ1) is 9.99. The molecule has 0 spiro atoms. The molecule has 1 N–H and O–H groups in total. The Morgan fingerprint density at radius 1 is 1.33 bits per heavy atom. The predicted molar refractivity (Wildman–Crippen MR) is 83.8 cm³/mol. The Bertz CT molecular complexity index is 548. The molecule has 0 bridgehead atoms. The van der Waals surface area contributed by atoms with Gasteiger partial charge < -0.3 is 10.2 Å². The Kier molecular flexibility index (Phi) is 5.48. The molecule has 1 aromatic carbocycles. The third-order valence-corrected chi connectivity index (χ3v) is 4.25. The molecule has 21 heavy (non-hydrogen) atoms. The molecule has 0 aromatic heterocycles. The molecule has 1 aliphatic rings. The summed E-state index contributed by atoms with van der Waals surface area (Å²) < 4.78 is 0. The summed E-state index contributed by atoms with van der Waals surface area (Å²) in [5, 5.41) is 3.36. The Morgan fingerprint density at radius 3 is 2.76 bits per heavy atom. The number of carbonyl (C=O) groups is 2. The van der Waals surface area contributed by atoms with Crippen LogP contribution in [0.15, 0.2) is 18.2 Å². The van der Waals surface area contributed by atoms with Gasteiger partial charge in [0.1, 0.15) is 0 Å². The molecular formula is C15H18Cl2N2O2. The van der Waals surface area contributed by atoms with Crippen LogP contribution in [-0.4, -0.2) is 35.8 Å². The number of hydrogen-bond acceptors (Lipinski definition) is 2. The van der Waals surface area contributed by atoms with Gasteiger partial charge in [0, 0.05) is 17.6 Å². The lowest BCUT2D eigenvalue weighted by atomic mass is 10.0. The Hall–Kier alpha value is -1.26. The highest BCUT2D eigenvalue weighted by Crippen LogP contribution is 2.21. The highest BCUT2D eigenvalue weighted by Gasteiger charge is 2.23. The van der Waals surface area contributed by atoms with Crippen LogP contribution in [0.1, 0.15) is 36.5 Å². The van der Waals surface area contributed by atoms with E-state index in [-0.39, 0.29) is 29.4 Å². The molecule has 0 radical (unpaired) electrons. The minimum Gasteiger partial charge on any atom is -0.343 e. The minimum absolute atomic E-state index is 0.0118. The van der Waals surface area contributed by atoms with Crippen molar-refractivity contribution < 1.29 is 9.59 Å². The van der Waals surface area contributed by atoms with Crippen molar-refractivity contribution in [1.29, 1.82) is 0 Å². The topological polar surface area (TPSA) is 49.4 Å². The van der Waals surface area contributed by atoms with Crippen molar-refractivity contribution in [3.63, 3.8) is 0 Å². The van der Waals surface area contributed by atoms with Gasteiger partial charge in [0.25, 0.3) is 5.91 Å². The average Bonchev–Trinajstić information content (AvgIpc) is 2.45. The van der Waals surface area contributed by atoms with Crippen LogP contribution in [0.4, 0.5) is 0 Å². The molecule has 0 aliphatic carbocycles. The maximum Gasteiger partial charge on any atom is 0.253 e. The van der Waals surface area contributed by atoms with E-state index in [1.165, 1.54) is 6.07 Å². The predicted octanol–water partition coefficient (Wildman–Crippen LogP) is 3.12. The molecule has 1 aliphatic heterocycles. The summed E-state index contributed by atoms with van der Waals surface area (Å²) in [6.07, 6.45) is 3.19. The fraction of sp³-hybridized carbons (Fsp3) is 0.467. The van der Waals surface area contributed by atoms with Crippen molar-refractivity contribution in [1.82, 2.24) is 10.2 Å². The molecule has 114 valence electrons. The van der Waals surface area contributed by atoms with Crippen molar-refractivity contribution in [2.24, 2.45) is 0 Å². The van der Waals surface area contributed by atoms with Gasteiger partial charge >= 0.3 is 0 Å². The fourth-order valence-corrected chi connectivity index (χ4v) is 2.99. The van der Waals surface area contributed by atoms with Crippen LogP contribution in [0.3, 0.4) is 0 Å². The van der Waals surface area contributed by atoms with Crippen molar-refractivity contribution in [3.05, 3.63) is 33.8 Å². The maximum atomic E-state index is 12.1. The van der Waals surface area contributed by atoms with Crippen molar-refractivity contribution in [3.8, 4) is 0 Å². The molecule has 1 fully saturated rings. The standard InChI is InChI=1S/C15H18Cl2N2O2/c1-10-4-2-3-7-19(10)14(20)9-18-15(21)12-6-5-11(16)8-13(12)17/h5-6,8,10H,2-4,7,9H2,1H3,(H,18,21). The van der Waals surface area contributed by atoms with Gasteiger partial charge in [-0.1, -0.05) is 23.2 Å². The van der Waals surface area contributed by atoms with Crippen LogP contribution in [0, 0.1) is 0 Å². The van der Waals surface area contributed by atoms with E-state index in [2.05, 4.69) is 5.32 Å². The summed E-state index contributed by atoms with van der Waals surface area (Å²) >= 11 is 11.8. The van der Waals surface area contributed by atoms with Gasteiger partial charge in [0.15, 0.2) is 0 Å². The third-order valence-electron chi connectivity index (χ3n) is 3.70. The van der Waals surface area contributed by atoms with Gasteiger partial charge in [0.05, 0.1) is 17.1 Å². The number of hydrogen-bond donors (Lipinski definition) is 1. The fourth-order valence-electron chi connectivity index (χ4n) is 2.49. The zero-order valence-electron chi connectivity index (χ0n) is 11.9. The molecule has 1 heterocycles. The van der Waals surface area contributed by atoms with Gasteiger partial charge in [-0.2, -0.15) is 0 Å². The van der Waals surface area contributed by atoms with Gasteiger partial charge in [-0.15, -0.1) is 0 Å². The number of halogens is 2. The normalized spacial score (nSPS) is 18.4. The van der Waals surface area contributed by atoms with Crippen LogP contribution in [0.25, 0.3) is 0 Å². The summed E-state index contributed by atoms with van der Waals surface area (Å²) in [4.78, 5) is 26.0. The highest BCUT2D eigenvalue weighted by atomic mass is 35.5. The number of rotatable bonds is 3. The van der Waals surface area contributed by atoms with Crippen molar-refractivity contribution in [2.45, 2.75) is 32.2 Å². The number of nitrogens with zero attached hydrogens (tertiary/aromatic N) is 1. The third kappa shape index (κ3) is 4.11. The number of likely N-dealkylation sites (tertiary alicyclic amines) is 1. The van der Waals surface area contributed by atoms with Crippen LogP contribution >= 0.6 is 23.2 Å². The Labute approximate surface area is 134 Å². The smallest absolute Gasteiger partial charge is 0.253 e.